The zero-order chi connectivity index (χ0) is 41.4. The summed E-state index contributed by atoms with van der Waals surface area (Å²) in [7, 11) is 1.92. The van der Waals surface area contributed by atoms with Crippen LogP contribution in [0.2, 0.25) is 0 Å². The third kappa shape index (κ3) is 4.86. The van der Waals surface area contributed by atoms with Crippen LogP contribution < -0.4 is 37.3 Å². The normalized spacial score (nSPS) is 17.3. The van der Waals surface area contributed by atoms with Crippen LogP contribution in [0.1, 0.15) is 49.8 Å². The van der Waals surface area contributed by atoms with Crippen molar-refractivity contribution >= 4 is 46.2 Å². The van der Waals surface area contributed by atoms with E-state index >= 15 is 0 Å². The highest BCUT2D eigenvalue weighted by atomic mass is 14.9. The van der Waals surface area contributed by atoms with E-state index < -0.39 is 40.8 Å². The maximum absolute atomic E-state index is 8.88. The van der Waals surface area contributed by atoms with E-state index in [4.69, 9.17) is 16.4 Å². The fourth-order valence-electron chi connectivity index (χ4n) is 7.21. The van der Waals surface area contributed by atoms with Crippen molar-refractivity contribution in [1.29, 1.82) is 0 Å². The second kappa shape index (κ2) is 11.4. The Kier molecular flexibility index (Phi) is 4.65. The molecule has 0 spiro atoms. The smallest absolute Gasteiger partial charge is 0.201 e. The van der Waals surface area contributed by atoms with E-state index in [9.17, 15) is 0 Å². The first-order chi connectivity index (χ1) is 26.6. The van der Waals surface area contributed by atoms with Crippen LogP contribution in [-0.2, 0) is 7.05 Å². The number of aryl methyl sites for hydroxylation is 6. The molecule has 0 saturated heterocycles. The van der Waals surface area contributed by atoms with Gasteiger partial charge in [0.2, 0.25) is 19.1 Å². The van der Waals surface area contributed by atoms with Gasteiger partial charge >= 0.3 is 0 Å². The summed E-state index contributed by atoms with van der Waals surface area (Å²) in [6, 6.07) is 31.5. The second-order valence-corrected chi connectivity index (χ2v) is 12.1. The van der Waals surface area contributed by atoms with Crippen LogP contribution in [0.15, 0.2) is 115 Å². The highest BCUT2D eigenvalue weighted by Gasteiger charge is 2.42. The number of benzene rings is 5. The zero-order valence-electron chi connectivity index (χ0n) is 37.6. The van der Waals surface area contributed by atoms with Gasteiger partial charge in [-0.15, -0.1) is 0 Å². The Labute approximate surface area is 286 Å². The predicted octanol–water partition coefficient (Wildman–Crippen LogP) is 5.04. The van der Waals surface area contributed by atoms with Gasteiger partial charge in [-0.3, -0.25) is 0 Å². The number of nitrogens with zero attached hydrogens (tertiary/aromatic N) is 1. The number of pyridine rings is 1. The Bertz CT molecular complexity index is 2450. The molecule has 1 aliphatic heterocycles. The highest BCUT2D eigenvalue weighted by molar-refractivity contribution is 7.11. The Hall–Kier alpha value is -4.62. The molecular formula is C42H40B2N+. The van der Waals surface area contributed by atoms with Gasteiger partial charge in [-0.25, -0.2) is 4.57 Å². The molecule has 1 aromatic heterocycles. The van der Waals surface area contributed by atoms with Crippen LogP contribution >= 0.6 is 0 Å². The van der Waals surface area contributed by atoms with E-state index in [0.29, 0.717) is 33.0 Å². The summed E-state index contributed by atoms with van der Waals surface area (Å²) in [5.74, 6) is 0. The van der Waals surface area contributed by atoms with Crippen molar-refractivity contribution < 1.29 is 21.0 Å². The van der Waals surface area contributed by atoms with E-state index in [1.54, 1.807) is 48.5 Å². The molecule has 45 heavy (non-hydrogen) atoms. The number of hydrogen-bond donors (Lipinski definition) is 0. The third-order valence-corrected chi connectivity index (χ3v) is 9.32. The van der Waals surface area contributed by atoms with E-state index in [2.05, 4.69) is 0 Å². The lowest BCUT2D eigenvalue weighted by Gasteiger charge is -2.36. The zero-order valence-corrected chi connectivity index (χ0v) is 25.6. The van der Waals surface area contributed by atoms with Crippen LogP contribution in [0.25, 0.3) is 22.4 Å². The minimum atomic E-state index is -2.75. The van der Waals surface area contributed by atoms with Crippen molar-refractivity contribution in [1.82, 2.24) is 0 Å². The number of hydrogen-bond acceptors (Lipinski definition) is 0. The molecule has 7 rings (SSSR count). The summed E-state index contributed by atoms with van der Waals surface area (Å²) in [6.45, 7) is -8.90. The maximum atomic E-state index is 8.88. The molecule has 218 valence electrons. The van der Waals surface area contributed by atoms with E-state index in [-0.39, 0.29) is 33.2 Å². The average Bonchev–Trinajstić information content (AvgIpc) is 3.13. The molecule has 0 N–H and O–H groups in total. The number of rotatable bonds is 4. The van der Waals surface area contributed by atoms with Crippen LogP contribution in [0.4, 0.5) is 0 Å². The molecule has 0 radical (unpaired) electrons. The van der Waals surface area contributed by atoms with Gasteiger partial charge in [-0.2, -0.15) is 0 Å². The molecule has 6 aromatic rings. The molecule has 0 amide bonds. The Morgan fingerprint density at radius 1 is 0.533 bits per heavy atom. The van der Waals surface area contributed by atoms with Gasteiger partial charge in [-0.05, 0) is 69.6 Å². The summed E-state index contributed by atoms with van der Waals surface area (Å²) in [6.07, 6.45) is 1.94. The molecule has 1 nitrogen and oxygen atoms in total. The summed E-state index contributed by atoms with van der Waals surface area (Å²) in [5.41, 5.74) is 6.58. The summed E-state index contributed by atoms with van der Waals surface area (Å²) in [4.78, 5) is 0. The number of aromatic nitrogens is 1. The molecule has 2 heterocycles. The van der Waals surface area contributed by atoms with E-state index in [0.717, 1.165) is 22.4 Å². The van der Waals surface area contributed by atoms with Gasteiger partial charge in [0.25, 0.3) is 0 Å². The molecule has 0 unspecified atom stereocenters. The molecule has 0 aliphatic carbocycles. The lowest BCUT2D eigenvalue weighted by molar-refractivity contribution is -0.660. The Morgan fingerprint density at radius 2 is 1.16 bits per heavy atom. The molecule has 3 heteroatoms. The first-order valence-electron chi connectivity index (χ1n) is 21.2. The van der Waals surface area contributed by atoms with Crippen LogP contribution in [0.3, 0.4) is 0 Å². The van der Waals surface area contributed by atoms with Gasteiger partial charge in [-0.1, -0.05) is 146 Å². The summed E-state index contributed by atoms with van der Waals surface area (Å²) in [5, 5.41) is 0. The standard InChI is InChI=1S/C42H40B2N/c1-27-22-23-45(7)39(24-27)35-20-21-38-42(32(35)6)44(40-28(2)14-13-15-29(40)3)37-19-12-11-18-36(37)43(38)41-30(4)25-34(26-31(41)5)33-16-9-8-10-17-33/h8-26H,1-7H3/q+1/i2D3,3D3,4D3,5D3. The lowest BCUT2D eigenvalue weighted by Crippen LogP contribution is -2.76. The minimum absolute atomic E-state index is 0.107. The van der Waals surface area contributed by atoms with Gasteiger partial charge in [0.05, 0.1) is 0 Å². The van der Waals surface area contributed by atoms with E-state index in [1.165, 1.54) is 18.2 Å². The monoisotopic (exact) mass is 592 g/mol. The Balaban J connectivity index is 1.68. The van der Waals surface area contributed by atoms with Gasteiger partial charge in [0.1, 0.15) is 7.05 Å². The molecule has 0 atom stereocenters. The van der Waals surface area contributed by atoms with Crippen molar-refractivity contribution in [3.05, 3.63) is 149 Å². The van der Waals surface area contributed by atoms with Gasteiger partial charge in [0.15, 0.2) is 6.20 Å². The van der Waals surface area contributed by atoms with Crippen LogP contribution in [0.5, 0.6) is 0 Å². The summed E-state index contributed by atoms with van der Waals surface area (Å²) < 4.78 is 107. The van der Waals surface area contributed by atoms with Crippen molar-refractivity contribution in [2.24, 2.45) is 7.05 Å². The van der Waals surface area contributed by atoms with Crippen molar-refractivity contribution in [3.8, 4) is 22.4 Å². The number of fused-ring (bicyclic) bond motifs is 2. The summed E-state index contributed by atoms with van der Waals surface area (Å²) >= 11 is 0. The van der Waals surface area contributed by atoms with Gasteiger partial charge in [0, 0.05) is 34.1 Å². The fourth-order valence-corrected chi connectivity index (χ4v) is 7.21. The second-order valence-electron chi connectivity index (χ2n) is 12.1. The minimum Gasteiger partial charge on any atom is -0.201 e. The SMILES string of the molecule is [2H]C([2H])([2H])c1cc(-c2ccccc2)cc(C([2H])([2H])[2H])c1B1c2ccccc2B(c2c(C([2H])([2H])[2H])cccc2C([2H])([2H])[2H])c2c1ccc(-c1cc(C)cc[n+]1C)c2C. The van der Waals surface area contributed by atoms with Crippen LogP contribution in [0, 0.1) is 41.3 Å². The lowest BCUT2D eigenvalue weighted by atomic mass is 9.20. The van der Waals surface area contributed by atoms with Crippen LogP contribution in [-0.4, -0.2) is 13.4 Å². The molecule has 0 fully saturated rings. The van der Waals surface area contributed by atoms with Crippen molar-refractivity contribution in [2.75, 3.05) is 0 Å². The van der Waals surface area contributed by atoms with Crippen molar-refractivity contribution in [2.45, 2.75) is 41.3 Å². The first kappa shape index (κ1) is 18.4. The first-order valence-corrected chi connectivity index (χ1v) is 15.2. The molecule has 5 aromatic carbocycles. The largest absolute Gasteiger partial charge is 0.241 e. The van der Waals surface area contributed by atoms with Crippen molar-refractivity contribution in [3.63, 3.8) is 0 Å². The van der Waals surface area contributed by atoms with Gasteiger partial charge < -0.3 is 0 Å². The average molecular weight is 592 g/mol. The molecule has 0 bridgehead atoms. The highest BCUT2D eigenvalue weighted by Crippen LogP contribution is 2.24. The predicted molar refractivity (Wildman–Crippen MR) is 196 cm³/mol. The quantitative estimate of drug-likeness (QED) is 0.199. The maximum Gasteiger partial charge on any atom is 0.241 e. The Morgan fingerprint density at radius 3 is 1.82 bits per heavy atom. The topological polar surface area (TPSA) is 3.88 Å². The molecular weight excluding hydrogens is 540 g/mol. The fraction of sp³-hybridized carbons (Fsp3) is 0.167. The third-order valence-electron chi connectivity index (χ3n) is 9.32. The molecule has 0 saturated carbocycles. The van der Waals surface area contributed by atoms with E-state index in [1.807, 2.05) is 74.1 Å². The molecule has 1 aliphatic rings.